The molecule has 0 amide bonds. The lowest BCUT2D eigenvalue weighted by atomic mass is 10.2. The number of nitrogens with zero attached hydrogens (tertiary/aromatic N) is 3. The van der Waals surface area contributed by atoms with Crippen molar-refractivity contribution in [3.63, 3.8) is 0 Å². The van der Waals surface area contributed by atoms with Crippen LogP contribution in [-0.4, -0.2) is 26.4 Å². The van der Waals surface area contributed by atoms with Gasteiger partial charge < -0.3 is 4.57 Å². The van der Waals surface area contributed by atoms with E-state index in [0.29, 0.717) is 16.7 Å². The van der Waals surface area contributed by atoms with E-state index >= 15 is 0 Å². The Morgan fingerprint density at radius 2 is 2.16 bits per heavy atom. The summed E-state index contributed by atoms with van der Waals surface area (Å²) in [4.78, 5) is 0. The lowest BCUT2D eigenvalue weighted by Gasteiger charge is -2.06. The summed E-state index contributed by atoms with van der Waals surface area (Å²) < 4.78 is 15.6. The summed E-state index contributed by atoms with van der Waals surface area (Å²) in [5.41, 5.74) is 0.281. The summed E-state index contributed by atoms with van der Waals surface area (Å²) >= 11 is 13.2. The average molecular weight is 320 g/mol. The minimum Gasteiger partial charge on any atom is -0.305 e. The van der Waals surface area contributed by atoms with Crippen LogP contribution in [-0.2, 0) is 7.05 Å². The third kappa shape index (κ3) is 3.22. The molecule has 0 saturated heterocycles. The molecule has 1 heterocycles. The number of hydrogen-bond donors (Lipinski definition) is 0. The largest absolute Gasteiger partial charge is 0.305 e. The zero-order chi connectivity index (χ0) is 13.8. The van der Waals surface area contributed by atoms with Crippen molar-refractivity contribution >= 4 is 35.0 Å². The summed E-state index contributed by atoms with van der Waals surface area (Å²) in [6.07, 6.45) is 0.884. The number of hydrogen-bond acceptors (Lipinski definition) is 3. The van der Waals surface area contributed by atoms with Crippen molar-refractivity contribution in [2.24, 2.45) is 7.05 Å². The molecular weight excluding hydrogens is 308 g/mol. The van der Waals surface area contributed by atoms with Gasteiger partial charge in [-0.2, -0.15) is 0 Å². The van der Waals surface area contributed by atoms with E-state index < -0.39 is 5.82 Å². The number of halogens is 3. The molecule has 0 fully saturated rings. The van der Waals surface area contributed by atoms with Gasteiger partial charge in [0.05, 0.1) is 10.6 Å². The summed E-state index contributed by atoms with van der Waals surface area (Å²) in [6.45, 7) is 0. The van der Waals surface area contributed by atoms with Crippen molar-refractivity contribution < 1.29 is 4.39 Å². The Morgan fingerprint density at radius 3 is 2.84 bits per heavy atom. The summed E-state index contributed by atoms with van der Waals surface area (Å²) in [5, 5.41) is 9.12. The van der Waals surface area contributed by atoms with Gasteiger partial charge in [-0.3, -0.25) is 0 Å². The van der Waals surface area contributed by atoms with E-state index in [9.17, 15) is 4.39 Å². The average Bonchev–Trinajstić information content (AvgIpc) is 2.72. The van der Waals surface area contributed by atoms with Crippen LogP contribution in [0.2, 0.25) is 5.02 Å². The molecule has 1 aromatic heterocycles. The van der Waals surface area contributed by atoms with Crippen molar-refractivity contribution in [3.8, 4) is 11.4 Å². The minimum absolute atomic E-state index is 0.281. The molecule has 7 heteroatoms. The predicted octanol–water partition coefficient (Wildman–Crippen LogP) is 4.00. The van der Waals surface area contributed by atoms with E-state index in [4.69, 9.17) is 23.2 Å². The summed E-state index contributed by atoms with van der Waals surface area (Å²) in [6, 6.07) is 4.55. The van der Waals surface area contributed by atoms with E-state index in [1.54, 1.807) is 23.7 Å². The molecule has 2 rings (SSSR count). The van der Waals surface area contributed by atoms with E-state index in [2.05, 4.69) is 10.2 Å². The molecule has 102 valence electrons. The van der Waals surface area contributed by atoms with Crippen LogP contribution in [0.15, 0.2) is 23.4 Å². The summed E-state index contributed by atoms with van der Waals surface area (Å²) in [7, 11) is 1.79. The van der Waals surface area contributed by atoms with Gasteiger partial charge in [0.1, 0.15) is 5.82 Å². The Hall–Kier alpha value is -0.780. The molecule has 19 heavy (non-hydrogen) atoms. The lowest BCUT2D eigenvalue weighted by Crippen LogP contribution is -1.98. The predicted molar refractivity (Wildman–Crippen MR) is 77.5 cm³/mol. The van der Waals surface area contributed by atoms with Crippen LogP contribution in [0.5, 0.6) is 0 Å². The van der Waals surface area contributed by atoms with Crippen LogP contribution in [0.3, 0.4) is 0 Å². The number of alkyl halides is 1. The first-order valence-corrected chi connectivity index (χ1v) is 7.57. The van der Waals surface area contributed by atoms with Crippen LogP contribution in [0.4, 0.5) is 4.39 Å². The molecule has 0 N–H and O–H groups in total. The first kappa shape index (κ1) is 14.6. The first-order valence-electron chi connectivity index (χ1n) is 5.67. The molecule has 0 unspecified atom stereocenters. The second kappa shape index (κ2) is 6.59. The fourth-order valence-corrected chi connectivity index (χ4v) is 2.98. The van der Waals surface area contributed by atoms with Crippen LogP contribution < -0.4 is 0 Å². The quantitative estimate of drug-likeness (QED) is 0.474. The fraction of sp³-hybridized carbons (Fsp3) is 0.333. The molecule has 0 spiro atoms. The van der Waals surface area contributed by atoms with Gasteiger partial charge in [-0.1, -0.05) is 29.4 Å². The summed E-state index contributed by atoms with van der Waals surface area (Å²) in [5.74, 6) is 1.48. The second-order valence-electron chi connectivity index (χ2n) is 3.85. The highest BCUT2D eigenvalue weighted by atomic mass is 35.5. The zero-order valence-electron chi connectivity index (χ0n) is 10.2. The van der Waals surface area contributed by atoms with Crippen molar-refractivity contribution in [2.75, 3.05) is 11.6 Å². The van der Waals surface area contributed by atoms with Crippen LogP contribution in [0.1, 0.15) is 6.42 Å². The van der Waals surface area contributed by atoms with Crippen LogP contribution >= 0.6 is 35.0 Å². The molecule has 0 atom stereocenters. The van der Waals surface area contributed by atoms with Gasteiger partial charge in [-0.15, -0.1) is 21.8 Å². The standard InChI is InChI=1S/C12H12Cl2FN3S/c1-18-11(10-8(14)4-2-5-9(10)15)16-17-12(18)19-7-3-6-13/h2,4-5H,3,6-7H2,1H3. The Labute approximate surface area is 125 Å². The fourth-order valence-electron chi connectivity index (χ4n) is 1.59. The topological polar surface area (TPSA) is 30.7 Å². The van der Waals surface area contributed by atoms with E-state index in [-0.39, 0.29) is 5.56 Å². The molecule has 0 aliphatic heterocycles. The number of benzene rings is 1. The lowest BCUT2D eigenvalue weighted by molar-refractivity contribution is 0.628. The van der Waals surface area contributed by atoms with Crippen LogP contribution in [0, 0.1) is 5.82 Å². The molecular formula is C12H12Cl2FN3S. The molecule has 0 aliphatic rings. The third-order valence-electron chi connectivity index (χ3n) is 2.53. The van der Waals surface area contributed by atoms with Gasteiger partial charge in [0.15, 0.2) is 11.0 Å². The highest BCUT2D eigenvalue weighted by Crippen LogP contribution is 2.30. The molecule has 0 radical (unpaired) electrons. The van der Waals surface area contributed by atoms with E-state index in [0.717, 1.165) is 17.3 Å². The molecule has 0 saturated carbocycles. The number of aromatic nitrogens is 3. The maximum absolute atomic E-state index is 13.8. The number of rotatable bonds is 5. The van der Waals surface area contributed by atoms with Gasteiger partial charge >= 0.3 is 0 Å². The Morgan fingerprint density at radius 1 is 1.37 bits per heavy atom. The minimum atomic E-state index is -0.402. The van der Waals surface area contributed by atoms with Gasteiger partial charge in [0.2, 0.25) is 0 Å². The monoisotopic (exact) mass is 319 g/mol. The Balaban J connectivity index is 2.31. The Kier molecular flexibility index (Phi) is 5.07. The van der Waals surface area contributed by atoms with Gasteiger partial charge in [0.25, 0.3) is 0 Å². The second-order valence-corrected chi connectivity index (χ2v) is 5.70. The van der Waals surface area contributed by atoms with Crippen LogP contribution in [0.25, 0.3) is 11.4 Å². The Bertz CT molecular complexity index is 554. The highest BCUT2D eigenvalue weighted by molar-refractivity contribution is 7.99. The zero-order valence-corrected chi connectivity index (χ0v) is 12.6. The molecule has 1 aromatic carbocycles. The first-order chi connectivity index (χ1) is 9.15. The van der Waals surface area contributed by atoms with Crippen molar-refractivity contribution in [2.45, 2.75) is 11.6 Å². The maximum atomic E-state index is 13.8. The normalized spacial score (nSPS) is 10.9. The van der Waals surface area contributed by atoms with E-state index in [1.807, 2.05) is 0 Å². The molecule has 2 aromatic rings. The smallest absolute Gasteiger partial charge is 0.191 e. The van der Waals surface area contributed by atoms with Crippen molar-refractivity contribution in [1.29, 1.82) is 0 Å². The number of thioether (sulfide) groups is 1. The van der Waals surface area contributed by atoms with Gasteiger partial charge in [0, 0.05) is 18.7 Å². The molecule has 0 bridgehead atoms. The molecule has 0 aliphatic carbocycles. The molecule has 3 nitrogen and oxygen atoms in total. The van der Waals surface area contributed by atoms with E-state index in [1.165, 1.54) is 17.8 Å². The third-order valence-corrected chi connectivity index (χ3v) is 4.22. The highest BCUT2D eigenvalue weighted by Gasteiger charge is 2.17. The van der Waals surface area contributed by atoms with Gasteiger partial charge in [-0.05, 0) is 18.6 Å². The van der Waals surface area contributed by atoms with Crippen molar-refractivity contribution in [3.05, 3.63) is 29.0 Å². The SMILES string of the molecule is Cn1c(SCCCCl)nnc1-c1c(F)cccc1Cl. The van der Waals surface area contributed by atoms with Crippen molar-refractivity contribution in [1.82, 2.24) is 14.8 Å². The van der Waals surface area contributed by atoms with Gasteiger partial charge in [-0.25, -0.2) is 4.39 Å². The maximum Gasteiger partial charge on any atom is 0.191 e.